The van der Waals surface area contributed by atoms with Gasteiger partial charge in [0.15, 0.2) is 0 Å². The van der Waals surface area contributed by atoms with Crippen molar-refractivity contribution in [1.29, 1.82) is 0 Å². The van der Waals surface area contributed by atoms with Crippen LogP contribution in [-0.2, 0) is 6.42 Å². The lowest BCUT2D eigenvalue weighted by Gasteiger charge is -2.35. The van der Waals surface area contributed by atoms with E-state index in [1.807, 2.05) is 24.0 Å². The van der Waals surface area contributed by atoms with Crippen molar-refractivity contribution in [2.45, 2.75) is 13.3 Å². The first-order chi connectivity index (χ1) is 14.2. The van der Waals surface area contributed by atoms with Crippen molar-refractivity contribution in [2.24, 2.45) is 0 Å². The Hall–Kier alpha value is -3.49. The minimum Gasteiger partial charge on any atom is -0.480 e. The van der Waals surface area contributed by atoms with Crippen LogP contribution >= 0.6 is 0 Å². The number of pyridine rings is 2. The molecule has 9 nitrogen and oxygen atoms in total. The minimum absolute atomic E-state index is 0.0678. The molecular weight excluding hydrogens is 372 g/mol. The molecule has 1 fully saturated rings. The average Bonchev–Trinajstić information content (AvgIpc) is 3.28. The van der Waals surface area contributed by atoms with E-state index < -0.39 is 0 Å². The van der Waals surface area contributed by atoms with Crippen LogP contribution < -0.4 is 9.64 Å². The first-order valence-corrected chi connectivity index (χ1v) is 9.52. The Balaban J connectivity index is 1.40. The molecule has 1 amide bonds. The Morgan fingerprint density at radius 2 is 2.00 bits per heavy atom. The van der Waals surface area contributed by atoms with Gasteiger partial charge in [0.25, 0.3) is 5.91 Å². The van der Waals surface area contributed by atoms with E-state index in [0.717, 1.165) is 11.4 Å². The van der Waals surface area contributed by atoms with Crippen LogP contribution in [0.25, 0.3) is 11.4 Å². The monoisotopic (exact) mass is 394 g/mol. The summed E-state index contributed by atoms with van der Waals surface area (Å²) in [6, 6.07) is 7.36. The second-order valence-electron chi connectivity index (χ2n) is 6.61. The molecule has 0 aromatic carbocycles. The second-order valence-corrected chi connectivity index (χ2v) is 6.61. The number of nitrogens with zero attached hydrogens (tertiary/aromatic N) is 6. The molecule has 9 heteroatoms. The quantitative estimate of drug-likeness (QED) is 0.649. The second kappa shape index (κ2) is 8.26. The van der Waals surface area contributed by atoms with Crippen molar-refractivity contribution >= 4 is 11.7 Å². The minimum atomic E-state index is -0.0678. The van der Waals surface area contributed by atoms with Gasteiger partial charge in [0.05, 0.1) is 7.11 Å². The fourth-order valence-corrected chi connectivity index (χ4v) is 3.25. The molecule has 0 N–H and O–H groups in total. The van der Waals surface area contributed by atoms with Crippen LogP contribution in [0.3, 0.4) is 0 Å². The van der Waals surface area contributed by atoms with Gasteiger partial charge in [-0.25, -0.2) is 9.97 Å². The summed E-state index contributed by atoms with van der Waals surface area (Å²) < 4.78 is 10.4. The molecule has 0 radical (unpaired) electrons. The van der Waals surface area contributed by atoms with Gasteiger partial charge in [-0.3, -0.25) is 4.79 Å². The maximum absolute atomic E-state index is 12.8. The highest BCUT2D eigenvalue weighted by Gasteiger charge is 2.25. The summed E-state index contributed by atoms with van der Waals surface area (Å²) in [6.45, 7) is 4.56. The van der Waals surface area contributed by atoms with Crippen molar-refractivity contribution in [3.8, 4) is 17.3 Å². The molecule has 3 aromatic rings. The summed E-state index contributed by atoms with van der Waals surface area (Å²) in [4.78, 5) is 29.7. The molecular formula is C20H22N6O3. The summed E-state index contributed by atoms with van der Waals surface area (Å²) >= 11 is 0. The zero-order chi connectivity index (χ0) is 20.2. The van der Waals surface area contributed by atoms with Gasteiger partial charge in [0.2, 0.25) is 17.6 Å². The number of piperazine rings is 1. The average molecular weight is 394 g/mol. The largest absolute Gasteiger partial charge is 0.480 e. The van der Waals surface area contributed by atoms with E-state index in [2.05, 4.69) is 25.0 Å². The van der Waals surface area contributed by atoms with Crippen LogP contribution in [-0.4, -0.2) is 64.2 Å². The van der Waals surface area contributed by atoms with Gasteiger partial charge in [-0.2, -0.15) is 4.98 Å². The van der Waals surface area contributed by atoms with E-state index >= 15 is 0 Å². The fourth-order valence-electron chi connectivity index (χ4n) is 3.25. The Morgan fingerprint density at radius 3 is 2.66 bits per heavy atom. The maximum Gasteiger partial charge on any atom is 0.259 e. The molecule has 1 aliphatic rings. The Morgan fingerprint density at radius 1 is 1.17 bits per heavy atom. The van der Waals surface area contributed by atoms with Crippen molar-refractivity contribution in [1.82, 2.24) is 25.0 Å². The van der Waals surface area contributed by atoms with Crippen LogP contribution in [0.15, 0.2) is 41.2 Å². The summed E-state index contributed by atoms with van der Waals surface area (Å²) in [7, 11) is 1.52. The number of amides is 1. The molecule has 0 spiro atoms. The van der Waals surface area contributed by atoms with Gasteiger partial charge in [0.1, 0.15) is 11.4 Å². The molecule has 0 bridgehead atoms. The number of anilines is 1. The fraction of sp³-hybridized carbons (Fsp3) is 0.350. The molecule has 4 heterocycles. The zero-order valence-electron chi connectivity index (χ0n) is 16.4. The lowest BCUT2D eigenvalue weighted by Crippen LogP contribution is -2.49. The van der Waals surface area contributed by atoms with E-state index in [4.69, 9.17) is 9.26 Å². The molecule has 3 aromatic heterocycles. The molecule has 1 aliphatic heterocycles. The van der Waals surface area contributed by atoms with Crippen LogP contribution in [0.2, 0.25) is 0 Å². The predicted octanol–water partition coefficient (Wildman–Crippen LogP) is 2.06. The van der Waals surface area contributed by atoms with Gasteiger partial charge in [-0.1, -0.05) is 12.1 Å². The number of carbonyl (C=O) groups excluding carboxylic acids is 1. The summed E-state index contributed by atoms with van der Waals surface area (Å²) in [5, 5.41) is 3.97. The van der Waals surface area contributed by atoms with Crippen molar-refractivity contribution in [3.05, 3.63) is 48.1 Å². The van der Waals surface area contributed by atoms with Gasteiger partial charge in [0, 0.05) is 50.6 Å². The summed E-state index contributed by atoms with van der Waals surface area (Å²) in [5.74, 6) is 2.29. The van der Waals surface area contributed by atoms with Crippen molar-refractivity contribution < 1.29 is 14.1 Å². The Labute approximate surface area is 168 Å². The van der Waals surface area contributed by atoms with Gasteiger partial charge in [-0.05, 0) is 24.3 Å². The molecule has 150 valence electrons. The van der Waals surface area contributed by atoms with E-state index in [1.165, 1.54) is 7.11 Å². The molecule has 0 saturated carbocycles. The Kier molecular flexibility index (Phi) is 5.37. The lowest BCUT2D eigenvalue weighted by molar-refractivity contribution is 0.0742. The number of carbonyl (C=O) groups is 1. The number of aromatic nitrogens is 4. The number of rotatable bonds is 5. The third-order valence-corrected chi connectivity index (χ3v) is 4.86. The molecule has 29 heavy (non-hydrogen) atoms. The topological polar surface area (TPSA) is 97.5 Å². The van der Waals surface area contributed by atoms with Crippen molar-refractivity contribution in [2.75, 3.05) is 38.2 Å². The van der Waals surface area contributed by atoms with Crippen molar-refractivity contribution in [3.63, 3.8) is 0 Å². The SMILES string of the molecule is CCc1nc(-c2ccc(N3CCN(C(=O)c4cccnc4OC)CC3)nc2)no1. The third-order valence-electron chi connectivity index (χ3n) is 4.86. The number of hydrogen-bond acceptors (Lipinski definition) is 8. The van der Waals surface area contributed by atoms with Crippen LogP contribution in [0.1, 0.15) is 23.2 Å². The first kappa shape index (κ1) is 18.9. The van der Waals surface area contributed by atoms with E-state index in [0.29, 0.717) is 55.8 Å². The molecule has 0 aliphatic carbocycles. The van der Waals surface area contributed by atoms with Gasteiger partial charge in [-0.15, -0.1) is 0 Å². The molecule has 0 atom stereocenters. The van der Waals surface area contributed by atoms with E-state index in [-0.39, 0.29) is 5.91 Å². The molecule has 0 unspecified atom stereocenters. The van der Waals surface area contributed by atoms with Gasteiger partial charge < -0.3 is 19.1 Å². The van der Waals surface area contributed by atoms with Crippen LogP contribution in [0.4, 0.5) is 5.82 Å². The summed E-state index contributed by atoms with van der Waals surface area (Å²) in [6.07, 6.45) is 4.06. The highest BCUT2D eigenvalue weighted by atomic mass is 16.5. The number of aryl methyl sites for hydroxylation is 1. The highest BCUT2D eigenvalue weighted by Crippen LogP contribution is 2.21. The number of hydrogen-bond donors (Lipinski definition) is 0. The van der Waals surface area contributed by atoms with E-state index in [1.54, 1.807) is 24.5 Å². The third kappa shape index (κ3) is 3.89. The van der Waals surface area contributed by atoms with Gasteiger partial charge >= 0.3 is 0 Å². The molecule has 1 saturated heterocycles. The number of methoxy groups -OCH3 is 1. The lowest BCUT2D eigenvalue weighted by atomic mass is 10.2. The number of ether oxygens (including phenoxy) is 1. The predicted molar refractivity (Wildman–Crippen MR) is 106 cm³/mol. The van der Waals surface area contributed by atoms with Crippen LogP contribution in [0.5, 0.6) is 5.88 Å². The van der Waals surface area contributed by atoms with Crippen LogP contribution in [0, 0.1) is 0 Å². The smallest absolute Gasteiger partial charge is 0.259 e. The highest BCUT2D eigenvalue weighted by molar-refractivity contribution is 5.96. The maximum atomic E-state index is 12.8. The standard InChI is InChI=1S/C20H22N6O3/c1-3-17-23-18(24-29-17)14-6-7-16(22-13-14)25-9-11-26(12-10-25)20(27)15-5-4-8-21-19(15)28-2/h4-8,13H,3,9-12H2,1-2H3. The zero-order valence-corrected chi connectivity index (χ0v) is 16.4. The summed E-state index contributed by atoms with van der Waals surface area (Å²) in [5.41, 5.74) is 1.30. The first-order valence-electron chi connectivity index (χ1n) is 9.52. The van der Waals surface area contributed by atoms with E-state index in [9.17, 15) is 4.79 Å². The molecule has 4 rings (SSSR count). The Bertz CT molecular complexity index is 980. The normalized spacial score (nSPS) is 14.1.